The SMILES string of the molecule is CCOC1CCN(C(=NC)NCCCOc2cc(C)cc(C)c2C)CC1.I. The Labute approximate surface area is 181 Å². The summed E-state index contributed by atoms with van der Waals surface area (Å²) in [6, 6.07) is 4.32. The minimum Gasteiger partial charge on any atom is -0.493 e. The molecule has 1 fully saturated rings. The highest BCUT2D eigenvalue weighted by atomic mass is 127. The number of nitrogens with zero attached hydrogens (tertiary/aromatic N) is 2. The van der Waals surface area contributed by atoms with Gasteiger partial charge in [0.25, 0.3) is 0 Å². The lowest BCUT2D eigenvalue weighted by Crippen LogP contribution is -2.47. The van der Waals surface area contributed by atoms with E-state index in [1.54, 1.807) is 0 Å². The molecule has 1 heterocycles. The van der Waals surface area contributed by atoms with Gasteiger partial charge in [0.2, 0.25) is 0 Å². The van der Waals surface area contributed by atoms with Crippen molar-refractivity contribution in [2.75, 3.05) is 39.9 Å². The Hall–Kier alpha value is -1.02. The highest BCUT2D eigenvalue weighted by Crippen LogP contribution is 2.23. The van der Waals surface area contributed by atoms with E-state index < -0.39 is 0 Å². The molecular formula is C21H36IN3O2. The second kappa shape index (κ2) is 12.4. The number of likely N-dealkylation sites (tertiary alicyclic amines) is 1. The maximum Gasteiger partial charge on any atom is 0.193 e. The van der Waals surface area contributed by atoms with Crippen molar-refractivity contribution in [1.82, 2.24) is 10.2 Å². The highest BCUT2D eigenvalue weighted by Gasteiger charge is 2.21. The number of aryl methyl sites for hydroxylation is 2. The van der Waals surface area contributed by atoms with Gasteiger partial charge in [-0.2, -0.15) is 0 Å². The second-order valence-electron chi connectivity index (χ2n) is 7.02. The number of piperidine rings is 1. The molecule has 0 amide bonds. The van der Waals surface area contributed by atoms with E-state index >= 15 is 0 Å². The molecule has 1 aromatic rings. The van der Waals surface area contributed by atoms with E-state index in [-0.39, 0.29) is 24.0 Å². The van der Waals surface area contributed by atoms with Crippen molar-refractivity contribution in [3.05, 3.63) is 28.8 Å². The predicted octanol–water partition coefficient (Wildman–Crippen LogP) is 4.08. The Balaban J connectivity index is 0.00000364. The second-order valence-corrected chi connectivity index (χ2v) is 7.02. The molecule has 1 aromatic carbocycles. The van der Waals surface area contributed by atoms with Crippen LogP contribution in [0.4, 0.5) is 0 Å². The summed E-state index contributed by atoms with van der Waals surface area (Å²) in [5, 5.41) is 3.46. The molecule has 0 aromatic heterocycles. The van der Waals surface area contributed by atoms with Crippen LogP contribution in [0.15, 0.2) is 17.1 Å². The number of guanidine groups is 1. The zero-order valence-electron chi connectivity index (χ0n) is 17.5. The zero-order chi connectivity index (χ0) is 18.9. The number of halogens is 1. The van der Waals surface area contributed by atoms with Gasteiger partial charge in [0.15, 0.2) is 5.96 Å². The van der Waals surface area contributed by atoms with Crippen LogP contribution in [0.1, 0.15) is 42.9 Å². The van der Waals surface area contributed by atoms with Gasteiger partial charge in [0, 0.05) is 33.3 Å². The summed E-state index contributed by atoms with van der Waals surface area (Å²) in [7, 11) is 1.85. The maximum absolute atomic E-state index is 5.99. The average Bonchev–Trinajstić information content (AvgIpc) is 2.63. The van der Waals surface area contributed by atoms with Gasteiger partial charge in [-0.05, 0) is 69.7 Å². The molecule has 1 aliphatic rings. The van der Waals surface area contributed by atoms with Crippen molar-refractivity contribution in [3.8, 4) is 5.75 Å². The van der Waals surface area contributed by atoms with E-state index in [9.17, 15) is 0 Å². The fraction of sp³-hybridized carbons (Fsp3) is 0.667. The number of benzene rings is 1. The third kappa shape index (κ3) is 7.49. The molecule has 27 heavy (non-hydrogen) atoms. The van der Waals surface area contributed by atoms with Crippen LogP contribution < -0.4 is 10.1 Å². The summed E-state index contributed by atoms with van der Waals surface area (Å²) in [5.74, 6) is 1.99. The molecular weight excluding hydrogens is 453 g/mol. The van der Waals surface area contributed by atoms with Gasteiger partial charge in [-0.1, -0.05) is 6.07 Å². The molecule has 0 radical (unpaired) electrons. The van der Waals surface area contributed by atoms with Gasteiger partial charge in [-0.3, -0.25) is 4.99 Å². The summed E-state index contributed by atoms with van der Waals surface area (Å²) in [6.07, 6.45) is 3.50. The molecule has 154 valence electrons. The molecule has 1 aliphatic heterocycles. The van der Waals surface area contributed by atoms with Gasteiger partial charge in [0.1, 0.15) is 5.75 Å². The van der Waals surface area contributed by atoms with Crippen LogP contribution >= 0.6 is 24.0 Å². The van der Waals surface area contributed by atoms with Crippen LogP contribution in [0.25, 0.3) is 0 Å². The van der Waals surface area contributed by atoms with Gasteiger partial charge in [-0.15, -0.1) is 24.0 Å². The number of ether oxygens (including phenoxy) is 2. The van der Waals surface area contributed by atoms with Crippen molar-refractivity contribution in [2.24, 2.45) is 4.99 Å². The molecule has 0 saturated carbocycles. The van der Waals surface area contributed by atoms with E-state index in [0.717, 1.165) is 57.2 Å². The first kappa shape index (κ1) is 24.0. The van der Waals surface area contributed by atoms with Crippen LogP contribution in [0.3, 0.4) is 0 Å². The topological polar surface area (TPSA) is 46.1 Å². The van der Waals surface area contributed by atoms with Gasteiger partial charge in [0.05, 0.1) is 12.7 Å². The van der Waals surface area contributed by atoms with Crippen molar-refractivity contribution < 1.29 is 9.47 Å². The lowest BCUT2D eigenvalue weighted by atomic mass is 10.1. The maximum atomic E-state index is 5.99. The third-order valence-corrected chi connectivity index (χ3v) is 4.98. The monoisotopic (exact) mass is 489 g/mol. The fourth-order valence-electron chi connectivity index (χ4n) is 3.41. The molecule has 0 unspecified atom stereocenters. The van der Waals surface area contributed by atoms with Crippen LogP contribution in [0, 0.1) is 20.8 Å². The van der Waals surface area contributed by atoms with Gasteiger partial charge < -0.3 is 19.7 Å². The van der Waals surface area contributed by atoms with E-state index in [2.05, 4.69) is 55.0 Å². The number of hydrogen-bond donors (Lipinski definition) is 1. The molecule has 0 spiro atoms. The van der Waals surface area contributed by atoms with Gasteiger partial charge >= 0.3 is 0 Å². The van der Waals surface area contributed by atoms with Gasteiger partial charge in [-0.25, -0.2) is 0 Å². The highest BCUT2D eigenvalue weighted by molar-refractivity contribution is 14.0. The van der Waals surface area contributed by atoms with Crippen LogP contribution in [-0.2, 0) is 4.74 Å². The van der Waals surface area contributed by atoms with Crippen LogP contribution in [0.2, 0.25) is 0 Å². The zero-order valence-corrected chi connectivity index (χ0v) is 19.8. The smallest absolute Gasteiger partial charge is 0.193 e. The van der Waals surface area contributed by atoms with Crippen molar-refractivity contribution in [3.63, 3.8) is 0 Å². The number of aliphatic imine (C=N–C) groups is 1. The average molecular weight is 489 g/mol. The quantitative estimate of drug-likeness (QED) is 0.272. The van der Waals surface area contributed by atoms with Crippen molar-refractivity contribution >= 4 is 29.9 Å². The Bertz CT molecular complexity index is 599. The molecule has 1 N–H and O–H groups in total. The molecule has 0 atom stereocenters. The molecule has 1 saturated heterocycles. The summed E-state index contributed by atoms with van der Waals surface area (Å²) in [6.45, 7) is 12.8. The third-order valence-electron chi connectivity index (χ3n) is 4.98. The molecule has 0 bridgehead atoms. The minimum atomic E-state index is 0. The minimum absolute atomic E-state index is 0. The number of nitrogens with one attached hydrogen (secondary N) is 1. The van der Waals surface area contributed by atoms with Crippen molar-refractivity contribution in [1.29, 1.82) is 0 Å². The normalized spacial score (nSPS) is 15.4. The molecule has 0 aliphatic carbocycles. The summed E-state index contributed by atoms with van der Waals surface area (Å²) in [4.78, 5) is 6.75. The lowest BCUT2D eigenvalue weighted by Gasteiger charge is -2.34. The van der Waals surface area contributed by atoms with Crippen LogP contribution in [0.5, 0.6) is 5.75 Å². The predicted molar refractivity (Wildman–Crippen MR) is 124 cm³/mol. The number of hydrogen-bond acceptors (Lipinski definition) is 3. The largest absolute Gasteiger partial charge is 0.493 e. The van der Waals surface area contributed by atoms with Crippen molar-refractivity contribution in [2.45, 2.75) is 53.1 Å². The first-order valence-corrected chi connectivity index (χ1v) is 9.83. The Kier molecular flexibility index (Phi) is 11.1. The first-order valence-electron chi connectivity index (χ1n) is 9.83. The summed E-state index contributed by atoms with van der Waals surface area (Å²) >= 11 is 0. The van der Waals surface area contributed by atoms with Crippen LogP contribution in [-0.4, -0.2) is 56.9 Å². The molecule has 5 nitrogen and oxygen atoms in total. The summed E-state index contributed by atoms with van der Waals surface area (Å²) < 4.78 is 11.7. The Morgan fingerprint density at radius 2 is 1.93 bits per heavy atom. The van der Waals surface area contributed by atoms with E-state index in [1.807, 2.05) is 7.05 Å². The summed E-state index contributed by atoms with van der Waals surface area (Å²) in [5.41, 5.74) is 3.77. The fourth-order valence-corrected chi connectivity index (χ4v) is 3.41. The molecule has 2 rings (SSSR count). The molecule has 6 heteroatoms. The standard InChI is InChI=1S/C21H35N3O2.HI/c1-6-25-19-8-11-24(12-9-19)21(22-5)23-10-7-13-26-20-15-16(2)14-17(3)18(20)4;/h14-15,19H,6-13H2,1-5H3,(H,22,23);1H. The van der Waals surface area contributed by atoms with E-state index in [1.165, 1.54) is 16.7 Å². The Morgan fingerprint density at radius 3 is 2.56 bits per heavy atom. The van der Waals surface area contributed by atoms with E-state index in [0.29, 0.717) is 12.7 Å². The Morgan fingerprint density at radius 1 is 1.22 bits per heavy atom. The number of rotatable bonds is 7. The van der Waals surface area contributed by atoms with E-state index in [4.69, 9.17) is 9.47 Å². The first-order chi connectivity index (χ1) is 12.5. The lowest BCUT2D eigenvalue weighted by molar-refractivity contribution is 0.0264.